The first-order chi connectivity index (χ1) is 20.1. The van der Waals surface area contributed by atoms with Crippen LogP contribution < -0.4 is 19.7 Å². The number of benzene rings is 3. The molecule has 214 valence electrons. The third-order valence-electron chi connectivity index (χ3n) is 6.43. The second kappa shape index (κ2) is 12.5. The van der Waals surface area contributed by atoms with Crippen LogP contribution in [0.25, 0.3) is 22.3 Å². The summed E-state index contributed by atoms with van der Waals surface area (Å²) in [6, 6.07) is 17.0. The summed E-state index contributed by atoms with van der Waals surface area (Å²) in [5.41, 5.74) is 4.53. The van der Waals surface area contributed by atoms with Gasteiger partial charge in [0.1, 0.15) is 12.1 Å². The van der Waals surface area contributed by atoms with Gasteiger partial charge in [-0.1, -0.05) is 42.2 Å². The largest absolute Gasteiger partial charge is 0.493 e. The number of anilines is 1. The SMILES string of the molecule is COc1cc2c(c(-c3ccc(-c4ccccc4C#N)cc3C#CCNC(=O)OC(C)(C)C)c1OC)N(C)C(=O)CN=C2. The monoisotopic (exact) mass is 564 g/mol. The molecule has 2 amide bonds. The number of hydrogen-bond acceptors (Lipinski definition) is 7. The van der Waals surface area contributed by atoms with Crippen molar-refractivity contribution in [3.63, 3.8) is 0 Å². The molecule has 1 aliphatic heterocycles. The number of ether oxygens (including phenoxy) is 3. The maximum atomic E-state index is 12.9. The standard InChI is InChI=1S/C33H32N4O5/c1-33(2,3)42-32(39)36-15-9-11-21-16-22(25-12-8-7-10-23(25)18-34)13-14-26(21)29-30-24(17-27(40-5)31(29)41-6)19-35-20-28(38)37(30)4/h7-8,10,12-14,16-17,19H,15,20H2,1-6H3,(H,36,39). The molecule has 0 radical (unpaired) electrons. The van der Waals surface area contributed by atoms with Gasteiger partial charge in [-0.3, -0.25) is 9.79 Å². The summed E-state index contributed by atoms with van der Waals surface area (Å²) in [4.78, 5) is 30.9. The number of hydrogen-bond donors (Lipinski definition) is 1. The van der Waals surface area contributed by atoms with Gasteiger partial charge in [-0.05, 0) is 50.1 Å². The van der Waals surface area contributed by atoms with E-state index in [0.717, 1.165) is 11.1 Å². The van der Waals surface area contributed by atoms with Gasteiger partial charge in [-0.25, -0.2) is 4.79 Å². The first kappa shape index (κ1) is 29.7. The summed E-state index contributed by atoms with van der Waals surface area (Å²) in [6.45, 7) is 5.39. The number of carbonyl (C=O) groups is 2. The lowest BCUT2D eigenvalue weighted by Crippen LogP contribution is -2.32. The quantitative estimate of drug-likeness (QED) is 0.427. The molecule has 3 aromatic rings. The summed E-state index contributed by atoms with van der Waals surface area (Å²) in [5.74, 6) is 6.88. The zero-order valence-corrected chi connectivity index (χ0v) is 24.5. The number of nitrogens with zero attached hydrogens (tertiary/aromatic N) is 3. The number of nitrogens with one attached hydrogen (secondary N) is 1. The van der Waals surface area contributed by atoms with Crippen molar-refractivity contribution in [2.75, 3.05) is 39.3 Å². The number of carbonyl (C=O) groups excluding carboxylic acids is 2. The third-order valence-corrected chi connectivity index (χ3v) is 6.43. The molecule has 0 fully saturated rings. The molecule has 0 bridgehead atoms. The van der Waals surface area contributed by atoms with Crippen LogP contribution in [0.15, 0.2) is 53.5 Å². The van der Waals surface area contributed by atoms with Crippen LogP contribution in [0.3, 0.4) is 0 Å². The average molecular weight is 565 g/mol. The fraction of sp³-hybridized carbons (Fsp3) is 0.273. The first-order valence-corrected chi connectivity index (χ1v) is 13.2. The number of aliphatic imine (C=N–C) groups is 1. The summed E-state index contributed by atoms with van der Waals surface area (Å²) in [5, 5.41) is 12.4. The molecule has 0 saturated carbocycles. The molecule has 1 aliphatic rings. The highest BCUT2D eigenvalue weighted by Gasteiger charge is 2.28. The minimum absolute atomic E-state index is 0.00211. The van der Waals surface area contributed by atoms with Crippen LogP contribution >= 0.6 is 0 Å². The van der Waals surface area contributed by atoms with E-state index < -0.39 is 11.7 Å². The Kier molecular flexibility index (Phi) is 8.83. The van der Waals surface area contributed by atoms with Gasteiger partial charge in [0.2, 0.25) is 5.91 Å². The number of alkyl carbamates (subject to hydrolysis) is 1. The highest BCUT2D eigenvalue weighted by Crippen LogP contribution is 2.48. The number of likely N-dealkylation sites (N-methyl/N-ethyl adjacent to an activating group) is 1. The summed E-state index contributed by atoms with van der Waals surface area (Å²) >= 11 is 0. The van der Waals surface area contributed by atoms with Gasteiger partial charge in [0, 0.05) is 30.0 Å². The van der Waals surface area contributed by atoms with Crippen molar-refractivity contribution in [3.05, 3.63) is 65.2 Å². The Hall–Kier alpha value is -5.28. The summed E-state index contributed by atoms with van der Waals surface area (Å²) in [6.07, 6.45) is 1.07. The first-order valence-electron chi connectivity index (χ1n) is 13.2. The van der Waals surface area contributed by atoms with E-state index in [1.807, 2.05) is 36.4 Å². The smallest absolute Gasteiger partial charge is 0.408 e. The van der Waals surface area contributed by atoms with Crippen LogP contribution in [0.4, 0.5) is 10.5 Å². The Labute approximate surface area is 245 Å². The molecular formula is C33H32N4O5. The Morgan fingerprint density at radius 3 is 2.52 bits per heavy atom. The van der Waals surface area contributed by atoms with Crippen LogP contribution in [0.2, 0.25) is 0 Å². The van der Waals surface area contributed by atoms with E-state index in [2.05, 4.69) is 28.2 Å². The Bertz CT molecular complexity index is 1670. The molecule has 0 saturated heterocycles. The fourth-order valence-electron chi connectivity index (χ4n) is 4.60. The fourth-order valence-corrected chi connectivity index (χ4v) is 4.60. The maximum Gasteiger partial charge on any atom is 0.408 e. The van der Waals surface area contributed by atoms with Crippen molar-refractivity contribution in [1.82, 2.24) is 5.32 Å². The topological polar surface area (TPSA) is 113 Å². The van der Waals surface area contributed by atoms with Crippen LogP contribution in [-0.2, 0) is 9.53 Å². The van der Waals surface area contributed by atoms with Gasteiger partial charge < -0.3 is 24.4 Å². The van der Waals surface area contributed by atoms with Gasteiger partial charge in [0.15, 0.2) is 11.5 Å². The lowest BCUT2D eigenvalue weighted by atomic mass is 9.90. The molecule has 9 nitrogen and oxygen atoms in total. The van der Waals surface area contributed by atoms with Crippen molar-refractivity contribution in [2.45, 2.75) is 26.4 Å². The number of fused-ring (bicyclic) bond motifs is 1. The predicted octanol–water partition coefficient (Wildman–Crippen LogP) is 5.18. The zero-order chi connectivity index (χ0) is 30.4. The average Bonchev–Trinajstić information content (AvgIpc) is 3.10. The molecule has 0 aromatic heterocycles. The molecule has 9 heteroatoms. The lowest BCUT2D eigenvalue weighted by Gasteiger charge is -2.25. The van der Waals surface area contributed by atoms with Gasteiger partial charge in [0.05, 0.1) is 43.6 Å². The Morgan fingerprint density at radius 2 is 1.83 bits per heavy atom. The number of nitriles is 1. The predicted molar refractivity (Wildman–Crippen MR) is 162 cm³/mol. The van der Waals surface area contributed by atoms with Crippen molar-refractivity contribution in [2.24, 2.45) is 4.99 Å². The molecular weight excluding hydrogens is 532 g/mol. The number of rotatable bonds is 5. The van der Waals surface area contributed by atoms with Gasteiger partial charge in [0.25, 0.3) is 0 Å². The van der Waals surface area contributed by atoms with Crippen LogP contribution in [0.1, 0.15) is 37.5 Å². The van der Waals surface area contributed by atoms with Gasteiger partial charge in [-0.2, -0.15) is 5.26 Å². The van der Waals surface area contributed by atoms with E-state index >= 15 is 0 Å². The highest BCUT2D eigenvalue weighted by atomic mass is 16.6. The molecule has 0 unspecified atom stereocenters. The van der Waals surface area contributed by atoms with Crippen LogP contribution in [0, 0.1) is 23.2 Å². The highest BCUT2D eigenvalue weighted by molar-refractivity contribution is 6.09. The van der Waals surface area contributed by atoms with E-state index in [-0.39, 0.29) is 19.0 Å². The third kappa shape index (κ3) is 6.37. The molecule has 1 heterocycles. The maximum absolute atomic E-state index is 12.9. The van der Waals surface area contributed by atoms with Gasteiger partial charge in [-0.15, -0.1) is 0 Å². The lowest BCUT2D eigenvalue weighted by molar-refractivity contribution is -0.116. The minimum Gasteiger partial charge on any atom is -0.493 e. The van der Waals surface area contributed by atoms with Crippen molar-refractivity contribution in [3.8, 4) is 51.7 Å². The van der Waals surface area contributed by atoms with E-state index in [1.54, 1.807) is 58.2 Å². The molecule has 0 aliphatic carbocycles. The molecule has 3 aromatic carbocycles. The zero-order valence-electron chi connectivity index (χ0n) is 24.5. The summed E-state index contributed by atoms with van der Waals surface area (Å²) < 4.78 is 16.8. The molecule has 0 spiro atoms. The van der Waals surface area contributed by atoms with Crippen LogP contribution in [-0.4, -0.2) is 58.2 Å². The van der Waals surface area contributed by atoms with E-state index in [1.165, 1.54) is 7.11 Å². The Balaban J connectivity index is 1.94. The summed E-state index contributed by atoms with van der Waals surface area (Å²) in [7, 11) is 4.77. The van der Waals surface area contributed by atoms with Crippen molar-refractivity contribution < 1.29 is 23.8 Å². The van der Waals surface area contributed by atoms with Gasteiger partial charge >= 0.3 is 6.09 Å². The molecule has 1 N–H and O–H groups in total. The normalized spacial score (nSPS) is 12.3. The second-order valence-electron chi connectivity index (χ2n) is 10.4. The van der Waals surface area contributed by atoms with E-state index in [9.17, 15) is 14.9 Å². The van der Waals surface area contributed by atoms with Crippen molar-refractivity contribution in [1.29, 1.82) is 5.26 Å². The minimum atomic E-state index is -0.638. The number of amides is 2. The van der Waals surface area contributed by atoms with E-state index in [4.69, 9.17) is 14.2 Å². The Morgan fingerprint density at radius 1 is 1.07 bits per heavy atom. The molecule has 0 atom stereocenters. The number of benzodiazepines with no additional fused rings is 1. The number of methoxy groups -OCH3 is 2. The van der Waals surface area contributed by atoms with Crippen LogP contribution in [0.5, 0.6) is 11.5 Å². The molecule has 4 rings (SSSR count). The van der Waals surface area contributed by atoms with E-state index in [0.29, 0.717) is 45.0 Å². The molecule has 42 heavy (non-hydrogen) atoms. The van der Waals surface area contributed by atoms with Crippen molar-refractivity contribution >= 4 is 23.9 Å². The second-order valence-corrected chi connectivity index (χ2v) is 10.4.